The monoisotopic (exact) mass is 460 g/mol. The van der Waals surface area contributed by atoms with Gasteiger partial charge < -0.3 is 19.8 Å². The first-order valence-electron chi connectivity index (χ1n) is 10.4. The molecule has 3 N–H and O–H groups in total. The standard InChI is InChI=1S/C24H20N4O4S/c25-21(14-4-1-2-5-15(14)24(26)30)18-7-3-6-17(27-18)16-13-33-23-19(29)12-20(32-22(16)23)28-8-10-31-11-9-28/h1-7,12-13,25H,8-11H2,(H2,26,30). The normalized spacial score (nSPS) is 13.9. The molecule has 0 spiro atoms. The smallest absolute Gasteiger partial charge is 0.249 e. The maximum atomic E-state index is 12.7. The molecule has 5 rings (SSSR count). The van der Waals surface area contributed by atoms with E-state index in [1.54, 1.807) is 42.5 Å². The van der Waals surface area contributed by atoms with Crippen LogP contribution in [0.1, 0.15) is 21.6 Å². The van der Waals surface area contributed by atoms with E-state index < -0.39 is 5.91 Å². The van der Waals surface area contributed by atoms with Gasteiger partial charge in [-0.15, -0.1) is 11.3 Å². The molecule has 1 amide bonds. The van der Waals surface area contributed by atoms with Gasteiger partial charge in [0, 0.05) is 35.7 Å². The molecule has 4 aromatic rings. The fraction of sp³-hybridized carbons (Fsp3) is 0.167. The highest BCUT2D eigenvalue weighted by molar-refractivity contribution is 7.17. The van der Waals surface area contributed by atoms with Gasteiger partial charge in [-0.05, 0) is 18.2 Å². The first-order chi connectivity index (χ1) is 16.0. The van der Waals surface area contributed by atoms with Crippen LogP contribution in [0.4, 0.5) is 5.88 Å². The van der Waals surface area contributed by atoms with Crippen molar-refractivity contribution in [1.82, 2.24) is 4.98 Å². The number of hydrogen-bond donors (Lipinski definition) is 2. The second-order valence-electron chi connectivity index (χ2n) is 7.55. The number of hydrogen-bond acceptors (Lipinski definition) is 8. The van der Waals surface area contributed by atoms with E-state index in [-0.39, 0.29) is 16.7 Å². The first kappa shape index (κ1) is 21.0. The zero-order valence-electron chi connectivity index (χ0n) is 17.5. The average Bonchev–Trinajstić information content (AvgIpc) is 3.29. The number of aromatic nitrogens is 1. The highest BCUT2D eigenvalue weighted by atomic mass is 32.1. The molecule has 0 atom stereocenters. The number of carbonyl (C=O) groups excluding carboxylic acids is 1. The SMILES string of the molecule is N=C(c1cccc(-c2csc3c(=O)cc(N4CCOCC4)oc23)n1)c1ccccc1C(N)=O. The number of primary amides is 1. The Morgan fingerprint density at radius 3 is 2.61 bits per heavy atom. The lowest BCUT2D eigenvalue weighted by Gasteiger charge is -2.27. The fourth-order valence-corrected chi connectivity index (χ4v) is 4.72. The van der Waals surface area contributed by atoms with Crippen molar-refractivity contribution in [2.45, 2.75) is 0 Å². The second-order valence-corrected chi connectivity index (χ2v) is 8.43. The van der Waals surface area contributed by atoms with Gasteiger partial charge in [0.1, 0.15) is 4.70 Å². The number of nitrogens with two attached hydrogens (primary N) is 1. The molecule has 1 aromatic carbocycles. The summed E-state index contributed by atoms with van der Waals surface area (Å²) in [5.74, 6) is -0.0949. The second kappa shape index (κ2) is 8.61. The molecule has 9 heteroatoms. The molecule has 0 unspecified atom stereocenters. The van der Waals surface area contributed by atoms with Gasteiger partial charge in [-0.2, -0.15) is 0 Å². The number of amides is 1. The minimum absolute atomic E-state index is 0.0845. The predicted molar refractivity (Wildman–Crippen MR) is 128 cm³/mol. The van der Waals surface area contributed by atoms with Crippen LogP contribution in [0, 0.1) is 5.41 Å². The van der Waals surface area contributed by atoms with E-state index in [4.69, 9.17) is 20.3 Å². The number of morpholine rings is 1. The summed E-state index contributed by atoms with van der Waals surface area (Å²) in [4.78, 5) is 31.2. The van der Waals surface area contributed by atoms with Crippen molar-refractivity contribution in [3.05, 3.63) is 81.0 Å². The summed E-state index contributed by atoms with van der Waals surface area (Å²) in [6.07, 6.45) is 0. The van der Waals surface area contributed by atoms with E-state index in [2.05, 4.69) is 4.98 Å². The van der Waals surface area contributed by atoms with Crippen LogP contribution in [0.15, 0.2) is 63.1 Å². The quantitative estimate of drug-likeness (QED) is 0.441. The zero-order valence-corrected chi connectivity index (χ0v) is 18.4. The largest absolute Gasteiger partial charge is 0.439 e. The minimum Gasteiger partial charge on any atom is -0.439 e. The highest BCUT2D eigenvalue weighted by Gasteiger charge is 2.20. The van der Waals surface area contributed by atoms with Crippen molar-refractivity contribution in [2.24, 2.45) is 5.73 Å². The summed E-state index contributed by atoms with van der Waals surface area (Å²) >= 11 is 1.30. The Bertz CT molecular complexity index is 1440. The lowest BCUT2D eigenvalue weighted by molar-refractivity contribution is 0.1000. The van der Waals surface area contributed by atoms with Crippen LogP contribution < -0.4 is 16.1 Å². The summed E-state index contributed by atoms with van der Waals surface area (Å²) in [5, 5.41) is 10.5. The van der Waals surface area contributed by atoms with Gasteiger partial charge in [0.15, 0.2) is 11.5 Å². The zero-order chi connectivity index (χ0) is 22.9. The van der Waals surface area contributed by atoms with E-state index in [9.17, 15) is 9.59 Å². The Balaban J connectivity index is 1.57. The van der Waals surface area contributed by atoms with Crippen molar-refractivity contribution in [3.63, 3.8) is 0 Å². The van der Waals surface area contributed by atoms with E-state index >= 15 is 0 Å². The molecule has 4 heterocycles. The van der Waals surface area contributed by atoms with Gasteiger partial charge >= 0.3 is 0 Å². The van der Waals surface area contributed by atoms with Gasteiger partial charge in [0.05, 0.1) is 35.9 Å². The number of anilines is 1. The lowest BCUT2D eigenvalue weighted by Crippen LogP contribution is -2.36. The van der Waals surface area contributed by atoms with Crippen molar-refractivity contribution in [3.8, 4) is 11.3 Å². The number of nitrogens with one attached hydrogen (secondary N) is 1. The van der Waals surface area contributed by atoms with E-state index in [1.807, 2.05) is 10.3 Å². The molecule has 0 saturated carbocycles. The average molecular weight is 461 g/mol. The Morgan fingerprint density at radius 2 is 1.85 bits per heavy atom. The van der Waals surface area contributed by atoms with Crippen LogP contribution in [-0.2, 0) is 4.74 Å². The molecule has 1 saturated heterocycles. The highest BCUT2D eigenvalue weighted by Crippen LogP contribution is 2.34. The van der Waals surface area contributed by atoms with Crippen LogP contribution in [0.25, 0.3) is 21.5 Å². The number of fused-ring (bicyclic) bond motifs is 1. The van der Waals surface area contributed by atoms with Crippen LogP contribution in [0.5, 0.6) is 0 Å². The van der Waals surface area contributed by atoms with Gasteiger partial charge in [-0.3, -0.25) is 15.0 Å². The molecule has 1 aliphatic heterocycles. The van der Waals surface area contributed by atoms with Crippen LogP contribution in [-0.4, -0.2) is 42.9 Å². The maximum Gasteiger partial charge on any atom is 0.249 e. The Morgan fingerprint density at radius 1 is 1.09 bits per heavy atom. The van der Waals surface area contributed by atoms with Crippen molar-refractivity contribution < 1.29 is 13.9 Å². The molecule has 1 fully saturated rings. The molecular weight excluding hydrogens is 440 g/mol. The fourth-order valence-electron chi connectivity index (χ4n) is 3.82. The number of rotatable bonds is 5. The third-order valence-corrected chi connectivity index (χ3v) is 6.47. The van der Waals surface area contributed by atoms with Gasteiger partial charge in [-0.1, -0.05) is 24.3 Å². The number of carbonyl (C=O) groups is 1. The molecule has 1 aliphatic rings. The third kappa shape index (κ3) is 3.92. The number of thiophene rings is 1. The number of nitrogens with zero attached hydrogens (tertiary/aromatic N) is 2. The van der Waals surface area contributed by atoms with E-state index in [1.165, 1.54) is 17.4 Å². The molecule has 166 valence electrons. The summed E-state index contributed by atoms with van der Waals surface area (Å²) in [5.41, 5.74) is 8.24. The lowest BCUT2D eigenvalue weighted by atomic mass is 10.00. The van der Waals surface area contributed by atoms with E-state index in [0.717, 1.165) is 0 Å². The molecule has 33 heavy (non-hydrogen) atoms. The van der Waals surface area contributed by atoms with Crippen molar-refractivity contribution in [1.29, 1.82) is 5.41 Å². The molecule has 0 radical (unpaired) electrons. The Kier molecular flexibility index (Phi) is 5.49. The molecule has 0 bridgehead atoms. The molecule has 8 nitrogen and oxygen atoms in total. The number of ether oxygens (including phenoxy) is 1. The van der Waals surface area contributed by atoms with Gasteiger partial charge in [0.25, 0.3) is 0 Å². The number of benzene rings is 1. The van der Waals surface area contributed by atoms with Crippen molar-refractivity contribution >= 4 is 39.1 Å². The summed E-state index contributed by atoms with van der Waals surface area (Å²) in [7, 11) is 0. The molecule has 3 aromatic heterocycles. The Hall–Kier alpha value is -3.82. The number of pyridine rings is 1. The summed E-state index contributed by atoms with van der Waals surface area (Å²) in [6, 6.07) is 13.5. The van der Waals surface area contributed by atoms with Gasteiger partial charge in [-0.25, -0.2) is 4.98 Å². The summed E-state index contributed by atoms with van der Waals surface area (Å²) < 4.78 is 12.1. The third-order valence-electron chi connectivity index (χ3n) is 5.50. The maximum absolute atomic E-state index is 12.7. The van der Waals surface area contributed by atoms with Crippen molar-refractivity contribution in [2.75, 3.05) is 31.2 Å². The summed E-state index contributed by atoms with van der Waals surface area (Å²) in [6.45, 7) is 2.46. The van der Waals surface area contributed by atoms with Gasteiger partial charge in [0.2, 0.25) is 11.3 Å². The Labute approximate surface area is 192 Å². The van der Waals surface area contributed by atoms with Crippen LogP contribution in [0.2, 0.25) is 0 Å². The van der Waals surface area contributed by atoms with Crippen LogP contribution in [0.3, 0.4) is 0 Å². The first-order valence-corrected chi connectivity index (χ1v) is 11.2. The molecular formula is C24H20N4O4S. The minimum atomic E-state index is -0.604. The predicted octanol–water partition coefficient (Wildman–Crippen LogP) is 3.27. The van der Waals surface area contributed by atoms with Crippen LogP contribution >= 0.6 is 11.3 Å². The topological polar surface area (TPSA) is 123 Å². The van der Waals surface area contributed by atoms with E-state index in [0.29, 0.717) is 65.0 Å². The molecule has 0 aliphatic carbocycles.